The number of benzene rings is 2. The van der Waals surface area contributed by atoms with E-state index < -0.39 is 16.0 Å². The average molecular weight is 374 g/mol. The van der Waals surface area contributed by atoms with E-state index in [1.165, 1.54) is 43.5 Å². The largest absolute Gasteiger partial charge is 0.465 e. The molecule has 0 amide bonds. The van der Waals surface area contributed by atoms with Crippen LogP contribution >= 0.6 is 23.2 Å². The Morgan fingerprint density at radius 3 is 2.35 bits per heavy atom. The number of anilines is 1. The number of halogens is 2. The molecule has 0 radical (unpaired) electrons. The van der Waals surface area contributed by atoms with Crippen LogP contribution in [0.2, 0.25) is 10.0 Å². The summed E-state index contributed by atoms with van der Waals surface area (Å²) in [6.45, 7) is 1.70. The third kappa shape index (κ3) is 3.96. The molecule has 0 atom stereocenters. The lowest BCUT2D eigenvalue weighted by Crippen LogP contribution is -2.14. The lowest BCUT2D eigenvalue weighted by atomic mass is 10.2. The monoisotopic (exact) mass is 373 g/mol. The van der Waals surface area contributed by atoms with E-state index in [4.69, 9.17) is 23.2 Å². The fraction of sp³-hybridized carbons (Fsp3) is 0.133. The third-order valence-corrected chi connectivity index (χ3v) is 5.19. The Hall–Kier alpha value is -1.76. The molecule has 0 aliphatic heterocycles. The molecular formula is C15H13Cl2NO4S. The number of carbonyl (C=O) groups is 1. The van der Waals surface area contributed by atoms with E-state index in [1.54, 1.807) is 6.92 Å². The molecule has 2 rings (SSSR count). The van der Waals surface area contributed by atoms with Gasteiger partial charge in [-0.25, -0.2) is 13.2 Å². The van der Waals surface area contributed by atoms with E-state index in [1.807, 2.05) is 0 Å². The highest BCUT2D eigenvalue weighted by atomic mass is 35.5. The van der Waals surface area contributed by atoms with Crippen LogP contribution in [0.5, 0.6) is 0 Å². The number of methoxy groups -OCH3 is 1. The van der Waals surface area contributed by atoms with Gasteiger partial charge in [0.25, 0.3) is 10.0 Å². The summed E-state index contributed by atoms with van der Waals surface area (Å²) in [6.07, 6.45) is 0. The van der Waals surface area contributed by atoms with Crippen LogP contribution in [-0.2, 0) is 14.8 Å². The van der Waals surface area contributed by atoms with Gasteiger partial charge in [-0.05, 0) is 48.9 Å². The zero-order valence-corrected chi connectivity index (χ0v) is 14.6. The molecule has 122 valence electrons. The number of hydrogen-bond acceptors (Lipinski definition) is 4. The Bertz CT molecular complexity index is 866. The number of ether oxygens (including phenoxy) is 1. The van der Waals surface area contributed by atoms with Crippen molar-refractivity contribution in [3.05, 3.63) is 57.6 Å². The van der Waals surface area contributed by atoms with Gasteiger partial charge in [-0.15, -0.1) is 0 Å². The number of nitrogens with one attached hydrogen (secondary N) is 1. The third-order valence-electron chi connectivity index (χ3n) is 3.07. The number of hydrogen-bond donors (Lipinski definition) is 1. The van der Waals surface area contributed by atoms with Crippen molar-refractivity contribution in [2.45, 2.75) is 11.8 Å². The lowest BCUT2D eigenvalue weighted by Gasteiger charge is -2.11. The van der Waals surface area contributed by atoms with Gasteiger partial charge in [0.05, 0.1) is 28.3 Å². The van der Waals surface area contributed by atoms with Crippen molar-refractivity contribution in [2.24, 2.45) is 0 Å². The van der Waals surface area contributed by atoms with Crippen molar-refractivity contribution in [2.75, 3.05) is 11.8 Å². The molecule has 0 saturated carbocycles. The second kappa shape index (κ2) is 6.78. The van der Waals surface area contributed by atoms with E-state index in [0.29, 0.717) is 10.6 Å². The van der Waals surface area contributed by atoms with Gasteiger partial charge in [-0.1, -0.05) is 23.2 Å². The predicted octanol–water partition coefficient (Wildman–Crippen LogP) is 3.89. The minimum atomic E-state index is -3.87. The molecule has 0 bridgehead atoms. The van der Waals surface area contributed by atoms with Crippen LogP contribution in [0.25, 0.3) is 0 Å². The number of esters is 1. The van der Waals surface area contributed by atoms with Gasteiger partial charge in [0.15, 0.2) is 0 Å². The average Bonchev–Trinajstić information content (AvgIpc) is 2.51. The van der Waals surface area contributed by atoms with E-state index in [2.05, 4.69) is 9.46 Å². The first-order valence-corrected chi connectivity index (χ1v) is 8.65. The van der Waals surface area contributed by atoms with Gasteiger partial charge < -0.3 is 4.74 Å². The standard InChI is InChI=1S/C15H13Cl2NO4S/c1-9-7-11(4-6-12(9)16)23(20,21)18-14-8-10(15(19)22-2)3-5-13(14)17/h3-8,18H,1-2H3. The number of sulfonamides is 1. The summed E-state index contributed by atoms with van der Waals surface area (Å²) in [4.78, 5) is 11.6. The van der Waals surface area contributed by atoms with E-state index in [9.17, 15) is 13.2 Å². The Morgan fingerprint density at radius 1 is 1.09 bits per heavy atom. The minimum Gasteiger partial charge on any atom is -0.465 e. The fourth-order valence-corrected chi connectivity index (χ4v) is 3.33. The van der Waals surface area contributed by atoms with E-state index >= 15 is 0 Å². The summed E-state index contributed by atoms with van der Waals surface area (Å²) < 4.78 is 31.8. The highest BCUT2D eigenvalue weighted by Gasteiger charge is 2.18. The quantitative estimate of drug-likeness (QED) is 0.825. The molecule has 0 spiro atoms. The first-order valence-electron chi connectivity index (χ1n) is 6.41. The molecule has 5 nitrogen and oxygen atoms in total. The van der Waals surface area contributed by atoms with E-state index in [-0.39, 0.29) is 21.2 Å². The zero-order chi connectivity index (χ0) is 17.2. The van der Waals surface area contributed by atoms with Gasteiger partial charge in [-0.2, -0.15) is 0 Å². The Labute approximate surface area is 144 Å². The first-order chi connectivity index (χ1) is 10.7. The molecule has 0 fully saturated rings. The van der Waals surface area contributed by atoms with E-state index in [0.717, 1.165) is 0 Å². The molecule has 0 aliphatic carbocycles. The number of aryl methyl sites for hydroxylation is 1. The Morgan fingerprint density at radius 2 is 1.74 bits per heavy atom. The summed E-state index contributed by atoms with van der Waals surface area (Å²) in [7, 11) is -2.64. The van der Waals surface area contributed by atoms with Gasteiger partial charge in [0, 0.05) is 5.02 Å². The molecule has 1 N–H and O–H groups in total. The Balaban J connectivity index is 2.40. The summed E-state index contributed by atoms with van der Waals surface area (Å²) in [5.74, 6) is -0.593. The van der Waals surface area contributed by atoms with Crippen molar-refractivity contribution in [1.29, 1.82) is 0 Å². The molecule has 2 aromatic rings. The van der Waals surface area contributed by atoms with Crippen molar-refractivity contribution < 1.29 is 17.9 Å². The van der Waals surface area contributed by atoms with Crippen molar-refractivity contribution >= 4 is 44.9 Å². The van der Waals surface area contributed by atoms with Gasteiger partial charge in [-0.3, -0.25) is 4.72 Å². The van der Waals surface area contributed by atoms with Gasteiger partial charge >= 0.3 is 5.97 Å². The fourth-order valence-electron chi connectivity index (χ4n) is 1.84. The molecule has 2 aromatic carbocycles. The van der Waals surface area contributed by atoms with Crippen molar-refractivity contribution in [3.63, 3.8) is 0 Å². The smallest absolute Gasteiger partial charge is 0.337 e. The highest BCUT2D eigenvalue weighted by Crippen LogP contribution is 2.27. The Kier molecular flexibility index (Phi) is 5.19. The first kappa shape index (κ1) is 17.6. The number of rotatable bonds is 4. The summed E-state index contributed by atoms with van der Waals surface area (Å²) >= 11 is 11.9. The second-order valence-electron chi connectivity index (χ2n) is 4.70. The van der Waals surface area contributed by atoms with Crippen molar-refractivity contribution in [1.82, 2.24) is 0 Å². The SMILES string of the molecule is COC(=O)c1ccc(Cl)c(NS(=O)(=O)c2ccc(Cl)c(C)c2)c1. The molecule has 0 aliphatic rings. The summed E-state index contributed by atoms with van der Waals surface area (Å²) in [5, 5.41) is 0.626. The summed E-state index contributed by atoms with van der Waals surface area (Å²) in [5.41, 5.74) is 0.896. The molecule has 0 aromatic heterocycles. The van der Waals surface area contributed by atoms with Crippen LogP contribution in [0.1, 0.15) is 15.9 Å². The minimum absolute atomic E-state index is 0.0407. The number of carbonyl (C=O) groups excluding carboxylic acids is 1. The van der Waals surface area contributed by atoms with Crippen LogP contribution in [0.15, 0.2) is 41.3 Å². The van der Waals surface area contributed by atoms with Gasteiger partial charge in [0.1, 0.15) is 0 Å². The van der Waals surface area contributed by atoms with Crippen LogP contribution in [0.3, 0.4) is 0 Å². The summed E-state index contributed by atoms with van der Waals surface area (Å²) in [6, 6.07) is 8.50. The molecule has 23 heavy (non-hydrogen) atoms. The molecule has 0 unspecified atom stereocenters. The molecule has 0 heterocycles. The zero-order valence-electron chi connectivity index (χ0n) is 12.3. The predicted molar refractivity (Wildman–Crippen MR) is 89.8 cm³/mol. The highest BCUT2D eigenvalue weighted by molar-refractivity contribution is 7.92. The maximum atomic E-state index is 12.4. The van der Waals surface area contributed by atoms with Crippen LogP contribution in [0, 0.1) is 6.92 Å². The molecule has 8 heteroatoms. The van der Waals surface area contributed by atoms with Crippen LogP contribution in [-0.4, -0.2) is 21.5 Å². The van der Waals surface area contributed by atoms with Crippen molar-refractivity contribution in [3.8, 4) is 0 Å². The van der Waals surface area contributed by atoms with Crippen LogP contribution in [0.4, 0.5) is 5.69 Å². The maximum Gasteiger partial charge on any atom is 0.337 e. The van der Waals surface area contributed by atoms with Crippen LogP contribution < -0.4 is 4.72 Å². The maximum absolute atomic E-state index is 12.4. The normalized spacial score (nSPS) is 11.1. The lowest BCUT2D eigenvalue weighted by molar-refractivity contribution is 0.0601. The van der Waals surface area contributed by atoms with Gasteiger partial charge in [0.2, 0.25) is 0 Å². The molecular weight excluding hydrogens is 361 g/mol. The second-order valence-corrected chi connectivity index (χ2v) is 7.20. The molecule has 0 saturated heterocycles. The topological polar surface area (TPSA) is 72.5 Å².